The zero-order chi connectivity index (χ0) is 19.3. The molecule has 1 heterocycles. The van der Waals surface area contributed by atoms with Crippen LogP contribution in [0.5, 0.6) is 0 Å². The lowest BCUT2D eigenvalue weighted by Crippen LogP contribution is -2.52. The molecule has 140 valence electrons. The van der Waals surface area contributed by atoms with Crippen molar-refractivity contribution < 1.29 is 4.79 Å². The Labute approximate surface area is 156 Å². The Morgan fingerprint density at radius 2 is 1.85 bits per heavy atom. The van der Waals surface area contributed by atoms with Crippen LogP contribution >= 0.6 is 0 Å². The van der Waals surface area contributed by atoms with E-state index in [-0.39, 0.29) is 5.91 Å². The van der Waals surface area contributed by atoms with E-state index >= 15 is 0 Å². The Balaban J connectivity index is 2.21. The highest BCUT2D eigenvalue weighted by Gasteiger charge is 2.26. The Bertz CT molecular complexity index is 740. The number of hydrogen-bond donors (Lipinski definition) is 2. The molecule has 0 radical (unpaired) electrons. The first kappa shape index (κ1) is 19.9. The molecule has 0 aliphatic rings. The van der Waals surface area contributed by atoms with Crippen LogP contribution < -0.4 is 16.0 Å². The predicted molar refractivity (Wildman–Crippen MR) is 108 cm³/mol. The van der Waals surface area contributed by atoms with E-state index in [0.29, 0.717) is 18.0 Å². The summed E-state index contributed by atoms with van der Waals surface area (Å²) >= 11 is 0. The molecule has 1 aromatic carbocycles. The van der Waals surface area contributed by atoms with Crippen molar-refractivity contribution in [2.24, 2.45) is 11.7 Å². The number of rotatable bonds is 7. The Morgan fingerprint density at radius 1 is 1.19 bits per heavy atom. The first-order valence-electron chi connectivity index (χ1n) is 8.99. The fourth-order valence-corrected chi connectivity index (χ4v) is 3.11. The second-order valence-electron chi connectivity index (χ2n) is 7.72. The van der Waals surface area contributed by atoms with Gasteiger partial charge < -0.3 is 16.0 Å². The minimum absolute atomic E-state index is 0.141. The molecule has 0 aliphatic carbocycles. The summed E-state index contributed by atoms with van der Waals surface area (Å²) < 4.78 is 0. The van der Waals surface area contributed by atoms with Crippen molar-refractivity contribution in [3.8, 4) is 11.1 Å². The van der Waals surface area contributed by atoms with Crippen molar-refractivity contribution >= 4 is 11.6 Å². The van der Waals surface area contributed by atoms with Crippen molar-refractivity contribution in [2.45, 2.75) is 32.7 Å². The molecular formula is C21H30N4O. The molecular weight excluding hydrogens is 324 g/mol. The topological polar surface area (TPSA) is 71.2 Å². The summed E-state index contributed by atoms with van der Waals surface area (Å²) in [5.74, 6) is 0.307. The molecule has 1 unspecified atom stereocenters. The molecule has 0 aliphatic heterocycles. The van der Waals surface area contributed by atoms with Crippen molar-refractivity contribution in [2.75, 3.05) is 25.5 Å². The van der Waals surface area contributed by atoms with E-state index in [1.165, 1.54) is 0 Å². The highest BCUT2D eigenvalue weighted by atomic mass is 16.1. The number of nitrogens with zero attached hydrogens (tertiary/aromatic N) is 2. The van der Waals surface area contributed by atoms with Gasteiger partial charge in [0.15, 0.2) is 0 Å². The third-order valence-corrected chi connectivity index (χ3v) is 4.44. The molecule has 5 nitrogen and oxygen atoms in total. The molecule has 0 bridgehead atoms. The number of aromatic nitrogens is 1. The average Bonchev–Trinajstić information content (AvgIpc) is 2.61. The second kappa shape index (κ2) is 8.32. The maximum absolute atomic E-state index is 12.7. The number of carbonyl (C=O) groups excluding carboxylic acids is 1. The second-order valence-corrected chi connectivity index (χ2v) is 7.72. The lowest BCUT2D eigenvalue weighted by Gasteiger charge is -2.31. The molecule has 5 heteroatoms. The minimum Gasteiger partial charge on any atom is -0.378 e. The standard InChI is InChI=1S/C21H30N4O/c1-15(2)11-21(3,14-22)24-20(26)18-10-17(12-23-13-18)16-6-8-19(9-7-16)25(4)5/h6-10,12-13,15H,11,14,22H2,1-5H3,(H,24,26). The molecule has 0 spiro atoms. The van der Waals surface area contributed by atoms with Gasteiger partial charge in [0.1, 0.15) is 0 Å². The highest BCUT2D eigenvalue weighted by Crippen LogP contribution is 2.23. The van der Waals surface area contributed by atoms with Gasteiger partial charge in [0.2, 0.25) is 0 Å². The fraction of sp³-hybridized carbons (Fsp3) is 0.429. The molecule has 3 N–H and O–H groups in total. The number of carbonyl (C=O) groups is 1. The molecule has 1 aromatic heterocycles. The SMILES string of the molecule is CC(C)CC(C)(CN)NC(=O)c1cncc(-c2ccc(N(C)C)cc2)c1. The third kappa shape index (κ3) is 5.05. The molecule has 2 aromatic rings. The van der Waals surface area contributed by atoms with Crippen LogP contribution in [0.4, 0.5) is 5.69 Å². The van der Waals surface area contributed by atoms with Gasteiger partial charge in [0, 0.05) is 49.8 Å². The van der Waals surface area contributed by atoms with Gasteiger partial charge in [0.25, 0.3) is 5.91 Å². The normalized spacial score (nSPS) is 13.3. The van der Waals surface area contributed by atoms with Gasteiger partial charge in [0.05, 0.1) is 5.56 Å². The smallest absolute Gasteiger partial charge is 0.253 e. The monoisotopic (exact) mass is 354 g/mol. The van der Waals surface area contributed by atoms with Gasteiger partial charge in [-0.05, 0) is 43.0 Å². The van der Waals surface area contributed by atoms with E-state index in [4.69, 9.17) is 5.73 Å². The number of hydrogen-bond acceptors (Lipinski definition) is 4. The maximum atomic E-state index is 12.7. The Morgan fingerprint density at radius 3 is 2.38 bits per heavy atom. The van der Waals surface area contributed by atoms with Gasteiger partial charge in [-0.1, -0.05) is 26.0 Å². The zero-order valence-corrected chi connectivity index (χ0v) is 16.4. The van der Waals surface area contributed by atoms with Crippen LogP contribution in [-0.4, -0.2) is 37.1 Å². The number of pyridine rings is 1. The van der Waals surface area contributed by atoms with Crippen LogP contribution in [0, 0.1) is 5.92 Å². The molecule has 2 rings (SSSR count). The van der Waals surface area contributed by atoms with Crippen LogP contribution in [0.25, 0.3) is 11.1 Å². The van der Waals surface area contributed by atoms with E-state index in [1.54, 1.807) is 12.4 Å². The minimum atomic E-state index is -0.422. The molecule has 26 heavy (non-hydrogen) atoms. The largest absolute Gasteiger partial charge is 0.378 e. The summed E-state index contributed by atoms with van der Waals surface area (Å²) in [5.41, 5.74) is 9.10. The fourth-order valence-electron chi connectivity index (χ4n) is 3.11. The number of anilines is 1. The van der Waals surface area contributed by atoms with Gasteiger partial charge in [-0.25, -0.2) is 0 Å². The number of benzene rings is 1. The summed E-state index contributed by atoms with van der Waals surface area (Å²) in [5, 5.41) is 3.08. The third-order valence-electron chi connectivity index (χ3n) is 4.44. The summed E-state index contributed by atoms with van der Waals surface area (Å²) in [7, 11) is 4.01. The van der Waals surface area contributed by atoms with Crippen molar-refractivity contribution in [3.05, 3.63) is 48.3 Å². The van der Waals surface area contributed by atoms with Crippen LogP contribution in [0.15, 0.2) is 42.7 Å². The number of nitrogens with two attached hydrogens (primary N) is 1. The lowest BCUT2D eigenvalue weighted by atomic mass is 9.90. The molecule has 0 saturated carbocycles. The van der Waals surface area contributed by atoms with Crippen molar-refractivity contribution in [1.29, 1.82) is 0 Å². The van der Waals surface area contributed by atoms with Crippen LogP contribution in [0.3, 0.4) is 0 Å². The van der Waals surface area contributed by atoms with Crippen molar-refractivity contribution in [1.82, 2.24) is 10.3 Å². The first-order valence-corrected chi connectivity index (χ1v) is 8.99. The summed E-state index contributed by atoms with van der Waals surface area (Å²) in [4.78, 5) is 19.0. The zero-order valence-electron chi connectivity index (χ0n) is 16.4. The molecule has 0 fully saturated rings. The van der Waals surface area contributed by atoms with E-state index in [1.807, 2.05) is 44.1 Å². The van der Waals surface area contributed by atoms with Crippen LogP contribution in [0.2, 0.25) is 0 Å². The van der Waals surface area contributed by atoms with E-state index in [2.05, 4.69) is 36.3 Å². The Hall–Kier alpha value is -2.40. The average molecular weight is 354 g/mol. The van der Waals surface area contributed by atoms with Crippen LogP contribution in [-0.2, 0) is 0 Å². The lowest BCUT2D eigenvalue weighted by molar-refractivity contribution is 0.0898. The van der Waals surface area contributed by atoms with Gasteiger partial charge >= 0.3 is 0 Å². The summed E-state index contributed by atoms with van der Waals surface area (Å²) in [6.45, 7) is 6.64. The molecule has 0 saturated heterocycles. The van der Waals surface area contributed by atoms with E-state index in [9.17, 15) is 4.79 Å². The highest BCUT2D eigenvalue weighted by molar-refractivity contribution is 5.95. The Kier molecular flexibility index (Phi) is 6.37. The summed E-state index contributed by atoms with van der Waals surface area (Å²) in [6, 6.07) is 10.1. The van der Waals surface area contributed by atoms with Gasteiger partial charge in [-0.15, -0.1) is 0 Å². The van der Waals surface area contributed by atoms with E-state index in [0.717, 1.165) is 23.2 Å². The number of amides is 1. The molecule has 1 amide bonds. The van der Waals surface area contributed by atoms with E-state index < -0.39 is 5.54 Å². The van der Waals surface area contributed by atoms with Crippen LogP contribution in [0.1, 0.15) is 37.6 Å². The predicted octanol–water partition coefficient (Wildman–Crippen LogP) is 3.31. The first-order chi connectivity index (χ1) is 12.2. The molecule has 1 atom stereocenters. The van der Waals surface area contributed by atoms with Gasteiger partial charge in [-0.3, -0.25) is 9.78 Å². The maximum Gasteiger partial charge on any atom is 0.253 e. The quantitative estimate of drug-likeness (QED) is 0.800. The van der Waals surface area contributed by atoms with Crippen molar-refractivity contribution in [3.63, 3.8) is 0 Å². The van der Waals surface area contributed by atoms with Gasteiger partial charge in [-0.2, -0.15) is 0 Å². The summed E-state index contributed by atoms with van der Waals surface area (Å²) in [6.07, 6.45) is 4.20. The number of nitrogens with one attached hydrogen (secondary N) is 1.